The van der Waals surface area contributed by atoms with Gasteiger partial charge in [-0.05, 0) is 48.9 Å². The molecule has 0 N–H and O–H groups in total. The van der Waals surface area contributed by atoms with Gasteiger partial charge in [0.25, 0.3) is 5.24 Å². The van der Waals surface area contributed by atoms with E-state index in [0.717, 1.165) is 47.8 Å². The zero-order chi connectivity index (χ0) is 12.5. The predicted octanol–water partition coefficient (Wildman–Crippen LogP) is 3.88. The van der Waals surface area contributed by atoms with Crippen LogP contribution < -0.4 is 0 Å². The molecule has 0 radical (unpaired) electrons. The van der Waals surface area contributed by atoms with Crippen LogP contribution in [0.1, 0.15) is 40.9 Å². The van der Waals surface area contributed by atoms with Crippen LogP contribution in [0, 0.1) is 0 Å². The van der Waals surface area contributed by atoms with Crippen LogP contribution in [0.4, 0.5) is 0 Å². The first kappa shape index (κ1) is 11.7. The molecule has 2 aromatic rings. The van der Waals surface area contributed by atoms with Gasteiger partial charge < -0.3 is 0 Å². The van der Waals surface area contributed by atoms with Crippen molar-refractivity contribution in [1.29, 1.82) is 0 Å². The zero-order valence-corrected chi connectivity index (χ0v) is 10.8. The van der Waals surface area contributed by atoms with Crippen molar-refractivity contribution < 1.29 is 4.79 Å². The molecule has 1 aromatic carbocycles. The van der Waals surface area contributed by atoms with Gasteiger partial charge in [0, 0.05) is 16.6 Å². The van der Waals surface area contributed by atoms with E-state index in [4.69, 9.17) is 16.6 Å². The topological polar surface area (TPSA) is 30.0 Å². The summed E-state index contributed by atoms with van der Waals surface area (Å²) in [4.78, 5) is 16.5. The first-order chi connectivity index (χ1) is 8.77. The lowest BCUT2D eigenvalue weighted by Crippen LogP contribution is -2.05. The molecule has 18 heavy (non-hydrogen) atoms. The van der Waals surface area contributed by atoms with Gasteiger partial charge in [0.15, 0.2) is 0 Å². The van der Waals surface area contributed by atoms with Crippen LogP contribution in [0.2, 0.25) is 0 Å². The van der Waals surface area contributed by atoms with Gasteiger partial charge in [-0.15, -0.1) is 0 Å². The molecule has 1 heterocycles. The van der Waals surface area contributed by atoms with Crippen molar-refractivity contribution in [2.45, 2.75) is 32.1 Å². The van der Waals surface area contributed by atoms with Gasteiger partial charge in [-0.25, -0.2) is 0 Å². The number of hydrogen-bond donors (Lipinski definition) is 0. The lowest BCUT2D eigenvalue weighted by Gasteiger charge is -2.12. The monoisotopic (exact) mass is 259 g/mol. The van der Waals surface area contributed by atoms with E-state index in [1.54, 1.807) is 0 Å². The number of halogens is 1. The van der Waals surface area contributed by atoms with Crippen molar-refractivity contribution in [3.05, 3.63) is 41.1 Å². The Hall–Kier alpha value is -1.41. The van der Waals surface area contributed by atoms with E-state index in [-0.39, 0.29) is 5.24 Å². The minimum absolute atomic E-state index is 0.355. The largest absolute Gasteiger partial charge is 0.276 e. The zero-order valence-electron chi connectivity index (χ0n) is 10.1. The number of carbonyl (C=O) groups is 1. The van der Waals surface area contributed by atoms with Gasteiger partial charge in [0.1, 0.15) is 0 Å². The fourth-order valence-corrected chi connectivity index (χ4v) is 2.99. The van der Waals surface area contributed by atoms with Crippen LogP contribution in [0.5, 0.6) is 0 Å². The SMILES string of the molecule is O=C(Cl)c1c2c(nc3ccccc13)CCCCC2. The molecule has 0 amide bonds. The second kappa shape index (κ2) is 4.69. The maximum absolute atomic E-state index is 11.8. The quantitative estimate of drug-likeness (QED) is 0.575. The van der Waals surface area contributed by atoms with E-state index in [2.05, 4.69) is 0 Å². The van der Waals surface area contributed by atoms with Gasteiger partial charge in [-0.1, -0.05) is 24.6 Å². The van der Waals surface area contributed by atoms with E-state index in [9.17, 15) is 4.79 Å². The second-order valence-corrected chi connectivity index (χ2v) is 5.11. The highest BCUT2D eigenvalue weighted by Gasteiger charge is 2.20. The van der Waals surface area contributed by atoms with E-state index in [1.807, 2.05) is 24.3 Å². The van der Waals surface area contributed by atoms with Crippen LogP contribution in [0.15, 0.2) is 24.3 Å². The molecule has 1 aromatic heterocycles. The maximum Gasteiger partial charge on any atom is 0.253 e. The molecule has 0 saturated heterocycles. The average Bonchev–Trinajstić information content (AvgIpc) is 2.60. The molecule has 3 rings (SSSR count). The van der Waals surface area contributed by atoms with Crippen molar-refractivity contribution in [2.24, 2.45) is 0 Å². The molecule has 0 bridgehead atoms. The molecule has 1 aliphatic carbocycles. The van der Waals surface area contributed by atoms with E-state index < -0.39 is 0 Å². The van der Waals surface area contributed by atoms with Gasteiger partial charge in [0.2, 0.25) is 0 Å². The number of fused-ring (bicyclic) bond motifs is 2. The molecule has 0 saturated carbocycles. The van der Waals surface area contributed by atoms with E-state index in [1.165, 1.54) is 6.42 Å². The Balaban J connectivity index is 2.36. The van der Waals surface area contributed by atoms with Gasteiger partial charge in [0.05, 0.1) is 5.52 Å². The molecule has 0 unspecified atom stereocenters. The molecule has 92 valence electrons. The number of pyridine rings is 1. The highest BCUT2D eigenvalue weighted by atomic mass is 35.5. The molecular formula is C15H14ClNO. The summed E-state index contributed by atoms with van der Waals surface area (Å²) in [5.74, 6) is 0. The molecule has 2 nitrogen and oxygen atoms in total. The highest BCUT2D eigenvalue weighted by molar-refractivity contribution is 6.68. The number of hydrogen-bond acceptors (Lipinski definition) is 2. The summed E-state index contributed by atoms with van der Waals surface area (Å²) in [6.07, 6.45) is 5.33. The third-order valence-electron chi connectivity index (χ3n) is 3.62. The smallest absolute Gasteiger partial charge is 0.253 e. The van der Waals surface area contributed by atoms with Gasteiger partial charge in [-0.2, -0.15) is 0 Å². The van der Waals surface area contributed by atoms with E-state index in [0.29, 0.717) is 5.56 Å². The minimum atomic E-state index is -0.355. The van der Waals surface area contributed by atoms with Gasteiger partial charge in [-0.3, -0.25) is 9.78 Å². The van der Waals surface area contributed by atoms with Crippen molar-refractivity contribution in [1.82, 2.24) is 4.98 Å². The lowest BCUT2D eigenvalue weighted by molar-refractivity contribution is 0.108. The predicted molar refractivity (Wildman–Crippen MR) is 73.2 cm³/mol. The first-order valence-corrected chi connectivity index (χ1v) is 6.75. The molecular weight excluding hydrogens is 246 g/mol. The van der Waals surface area contributed by atoms with Crippen LogP contribution in [-0.4, -0.2) is 10.2 Å². The minimum Gasteiger partial charge on any atom is -0.276 e. The number of rotatable bonds is 1. The summed E-state index contributed by atoms with van der Waals surface area (Å²) in [7, 11) is 0. The average molecular weight is 260 g/mol. The number of aromatic nitrogens is 1. The third kappa shape index (κ3) is 1.91. The summed E-state index contributed by atoms with van der Waals surface area (Å²) >= 11 is 5.81. The Morgan fingerprint density at radius 3 is 2.72 bits per heavy atom. The van der Waals surface area contributed by atoms with Crippen LogP contribution in [0.3, 0.4) is 0 Å². The third-order valence-corrected chi connectivity index (χ3v) is 3.80. The van der Waals surface area contributed by atoms with Crippen molar-refractivity contribution in [3.63, 3.8) is 0 Å². The molecule has 0 fully saturated rings. The number of benzene rings is 1. The highest BCUT2D eigenvalue weighted by Crippen LogP contribution is 2.29. The van der Waals surface area contributed by atoms with Crippen molar-refractivity contribution >= 4 is 27.7 Å². The van der Waals surface area contributed by atoms with E-state index >= 15 is 0 Å². The summed E-state index contributed by atoms with van der Waals surface area (Å²) in [5.41, 5.74) is 3.70. The summed E-state index contributed by atoms with van der Waals surface area (Å²) < 4.78 is 0. The number of para-hydroxylation sites is 1. The number of nitrogens with zero attached hydrogens (tertiary/aromatic N) is 1. The van der Waals surface area contributed by atoms with Crippen molar-refractivity contribution in [3.8, 4) is 0 Å². The van der Waals surface area contributed by atoms with Crippen LogP contribution in [-0.2, 0) is 12.8 Å². The van der Waals surface area contributed by atoms with Crippen molar-refractivity contribution in [2.75, 3.05) is 0 Å². The molecule has 1 aliphatic rings. The Kier molecular flexibility index (Phi) is 3.04. The van der Waals surface area contributed by atoms with Gasteiger partial charge >= 0.3 is 0 Å². The summed E-state index contributed by atoms with van der Waals surface area (Å²) in [5, 5.41) is 0.532. The fourth-order valence-electron chi connectivity index (χ4n) is 2.77. The van der Waals surface area contributed by atoms with Crippen LogP contribution in [0.25, 0.3) is 10.9 Å². The summed E-state index contributed by atoms with van der Waals surface area (Å²) in [6.45, 7) is 0. The fraction of sp³-hybridized carbons (Fsp3) is 0.333. The number of aryl methyl sites for hydroxylation is 1. The van der Waals surface area contributed by atoms with Crippen LogP contribution >= 0.6 is 11.6 Å². The maximum atomic E-state index is 11.8. The molecule has 0 atom stereocenters. The lowest BCUT2D eigenvalue weighted by atomic mass is 9.98. The summed E-state index contributed by atoms with van der Waals surface area (Å²) in [6, 6.07) is 7.75. The number of carbonyl (C=O) groups excluding carboxylic acids is 1. The molecule has 3 heteroatoms. The second-order valence-electron chi connectivity index (χ2n) is 4.76. The standard InChI is InChI=1S/C15H14ClNO/c16-15(18)14-10-6-2-1-3-8-12(10)17-13-9-5-4-7-11(13)14/h4-5,7,9H,1-3,6,8H2. The Morgan fingerprint density at radius 1 is 1.11 bits per heavy atom. The molecule has 0 aliphatic heterocycles. The normalized spacial score (nSPS) is 15.2. The Labute approximate surface area is 111 Å². The Morgan fingerprint density at radius 2 is 1.89 bits per heavy atom. The Bertz CT molecular complexity index is 621. The molecule has 0 spiro atoms. The first-order valence-electron chi connectivity index (χ1n) is 6.37.